The topological polar surface area (TPSA) is 50.2 Å². The molecule has 0 aliphatic heterocycles. The SMILES string of the molecule is CCC(O)(CC)C(=O)c1cnccc1C(F)(F)F. The van der Waals surface area contributed by atoms with Crippen LogP contribution in [-0.2, 0) is 6.18 Å². The number of nitrogens with zero attached hydrogens (tertiary/aromatic N) is 1. The third-order valence-corrected chi connectivity index (χ3v) is 2.96. The molecule has 100 valence electrons. The molecule has 3 nitrogen and oxygen atoms in total. The molecule has 0 saturated carbocycles. The Kier molecular flexibility index (Phi) is 4.11. The van der Waals surface area contributed by atoms with Gasteiger partial charge in [0.05, 0.1) is 11.1 Å². The van der Waals surface area contributed by atoms with Crippen molar-refractivity contribution in [3.8, 4) is 0 Å². The van der Waals surface area contributed by atoms with Gasteiger partial charge in [0.2, 0.25) is 0 Å². The molecule has 0 atom stereocenters. The Morgan fingerprint density at radius 2 is 1.89 bits per heavy atom. The van der Waals surface area contributed by atoms with Gasteiger partial charge in [-0.05, 0) is 18.9 Å². The fraction of sp³-hybridized carbons (Fsp3) is 0.500. The average Bonchev–Trinajstić information content (AvgIpc) is 2.36. The van der Waals surface area contributed by atoms with E-state index in [0.29, 0.717) is 0 Å². The Morgan fingerprint density at radius 3 is 2.33 bits per heavy atom. The third-order valence-electron chi connectivity index (χ3n) is 2.96. The lowest BCUT2D eigenvalue weighted by atomic mass is 9.87. The van der Waals surface area contributed by atoms with Crippen LogP contribution in [0, 0.1) is 0 Å². The van der Waals surface area contributed by atoms with Crippen LogP contribution >= 0.6 is 0 Å². The second-order valence-corrected chi connectivity index (χ2v) is 3.99. The van der Waals surface area contributed by atoms with Crippen LogP contribution in [0.1, 0.15) is 42.6 Å². The molecule has 0 radical (unpaired) electrons. The van der Waals surface area contributed by atoms with Crippen LogP contribution < -0.4 is 0 Å². The van der Waals surface area contributed by atoms with Gasteiger partial charge >= 0.3 is 6.18 Å². The lowest BCUT2D eigenvalue weighted by Crippen LogP contribution is -2.38. The van der Waals surface area contributed by atoms with Crippen molar-refractivity contribution in [1.29, 1.82) is 0 Å². The summed E-state index contributed by atoms with van der Waals surface area (Å²) in [4.78, 5) is 15.5. The van der Waals surface area contributed by atoms with Gasteiger partial charge in [-0.25, -0.2) is 0 Å². The van der Waals surface area contributed by atoms with E-state index in [9.17, 15) is 23.1 Å². The third kappa shape index (κ3) is 2.69. The van der Waals surface area contributed by atoms with Crippen molar-refractivity contribution in [2.75, 3.05) is 0 Å². The van der Waals surface area contributed by atoms with E-state index in [1.54, 1.807) is 13.8 Å². The maximum atomic E-state index is 12.7. The number of carbonyl (C=O) groups is 1. The van der Waals surface area contributed by atoms with Crippen LogP contribution in [0.5, 0.6) is 0 Å². The number of pyridine rings is 1. The van der Waals surface area contributed by atoms with Crippen LogP contribution in [0.2, 0.25) is 0 Å². The zero-order valence-electron chi connectivity index (χ0n) is 10.1. The van der Waals surface area contributed by atoms with Gasteiger partial charge in [0.25, 0.3) is 0 Å². The molecule has 1 heterocycles. The number of aliphatic hydroxyl groups is 1. The predicted octanol–water partition coefficient (Wildman–Crippen LogP) is 2.83. The molecule has 0 spiro atoms. The highest BCUT2D eigenvalue weighted by Crippen LogP contribution is 2.33. The Labute approximate surface area is 103 Å². The van der Waals surface area contributed by atoms with Crippen molar-refractivity contribution in [2.45, 2.75) is 38.5 Å². The van der Waals surface area contributed by atoms with Crippen molar-refractivity contribution in [3.05, 3.63) is 29.6 Å². The molecule has 0 aliphatic rings. The van der Waals surface area contributed by atoms with E-state index >= 15 is 0 Å². The molecule has 1 aromatic rings. The molecule has 1 aromatic heterocycles. The number of rotatable bonds is 4. The largest absolute Gasteiger partial charge is 0.417 e. The van der Waals surface area contributed by atoms with Gasteiger partial charge in [0.15, 0.2) is 5.78 Å². The van der Waals surface area contributed by atoms with Gasteiger partial charge in [0, 0.05) is 12.4 Å². The first-order valence-corrected chi connectivity index (χ1v) is 5.54. The second kappa shape index (κ2) is 5.06. The Balaban J connectivity index is 3.30. The van der Waals surface area contributed by atoms with Gasteiger partial charge in [0.1, 0.15) is 5.60 Å². The highest BCUT2D eigenvalue weighted by molar-refractivity contribution is 6.03. The summed E-state index contributed by atoms with van der Waals surface area (Å²) in [7, 11) is 0. The minimum Gasteiger partial charge on any atom is -0.382 e. The van der Waals surface area contributed by atoms with Crippen LogP contribution in [0.4, 0.5) is 13.2 Å². The zero-order valence-corrected chi connectivity index (χ0v) is 10.1. The number of aromatic nitrogens is 1. The summed E-state index contributed by atoms with van der Waals surface area (Å²) < 4.78 is 38.2. The molecule has 18 heavy (non-hydrogen) atoms. The highest BCUT2D eigenvalue weighted by Gasteiger charge is 2.40. The summed E-state index contributed by atoms with van der Waals surface area (Å²) in [5.74, 6) is -0.937. The number of hydrogen-bond acceptors (Lipinski definition) is 3. The quantitative estimate of drug-likeness (QED) is 0.848. The lowest BCUT2D eigenvalue weighted by Gasteiger charge is -2.24. The molecule has 0 amide bonds. The van der Waals surface area contributed by atoms with Crippen molar-refractivity contribution >= 4 is 5.78 Å². The monoisotopic (exact) mass is 261 g/mol. The maximum absolute atomic E-state index is 12.7. The number of Topliss-reactive ketones (excluding diaryl/α,β-unsaturated/α-hetero) is 1. The number of halogens is 3. The van der Waals surface area contributed by atoms with E-state index in [2.05, 4.69) is 4.98 Å². The average molecular weight is 261 g/mol. The molecule has 0 aliphatic carbocycles. The minimum absolute atomic E-state index is 0.0501. The molecule has 6 heteroatoms. The molecular formula is C12H14F3NO2. The lowest BCUT2D eigenvalue weighted by molar-refractivity contribution is -0.138. The molecule has 0 unspecified atom stereocenters. The van der Waals surface area contributed by atoms with Gasteiger partial charge in [-0.15, -0.1) is 0 Å². The van der Waals surface area contributed by atoms with Crippen LogP contribution in [0.3, 0.4) is 0 Å². The number of ketones is 1. The van der Waals surface area contributed by atoms with E-state index in [1.807, 2.05) is 0 Å². The standard InChI is InChI=1S/C12H14F3NO2/c1-3-11(18,4-2)10(17)8-7-16-6-5-9(8)12(13,14)15/h5-7,18H,3-4H2,1-2H3. The maximum Gasteiger partial charge on any atom is 0.417 e. The molecule has 0 bridgehead atoms. The second-order valence-electron chi connectivity index (χ2n) is 3.99. The van der Waals surface area contributed by atoms with E-state index < -0.39 is 28.7 Å². The Morgan fingerprint density at radius 1 is 1.33 bits per heavy atom. The van der Waals surface area contributed by atoms with Crippen LogP contribution in [-0.4, -0.2) is 21.5 Å². The van der Waals surface area contributed by atoms with E-state index in [0.717, 1.165) is 18.5 Å². The van der Waals surface area contributed by atoms with E-state index in [4.69, 9.17) is 0 Å². The smallest absolute Gasteiger partial charge is 0.382 e. The van der Waals surface area contributed by atoms with Crippen molar-refractivity contribution < 1.29 is 23.1 Å². The first kappa shape index (κ1) is 14.6. The normalized spacial score (nSPS) is 12.6. The van der Waals surface area contributed by atoms with Crippen LogP contribution in [0.15, 0.2) is 18.5 Å². The molecule has 1 rings (SSSR count). The van der Waals surface area contributed by atoms with E-state index in [1.165, 1.54) is 0 Å². The summed E-state index contributed by atoms with van der Waals surface area (Å²) >= 11 is 0. The van der Waals surface area contributed by atoms with Gasteiger partial charge < -0.3 is 5.11 Å². The predicted molar refractivity (Wildman–Crippen MR) is 59.1 cm³/mol. The summed E-state index contributed by atoms with van der Waals surface area (Å²) in [5.41, 5.74) is -3.43. The fourth-order valence-electron chi connectivity index (χ4n) is 1.64. The number of hydrogen-bond donors (Lipinski definition) is 1. The molecule has 0 fully saturated rings. The Bertz CT molecular complexity index is 439. The van der Waals surface area contributed by atoms with E-state index in [-0.39, 0.29) is 12.8 Å². The highest BCUT2D eigenvalue weighted by atomic mass is 19.4. The Hall–Kier alpha value is -1.43. The fourth-order valence-corrected chi connectivity index (χ4v) is 1.64. The number of alkyl halides is 3. The zero-order chi connectivity index (χ0) is 14.0. The first-order valence-electron chi connectivity index (χ1n) is 5.54. The summed E-state index contributed by atoms with van der Waals surface area (Å²) in [6.45, 7) is 3.09. The van der Waals surface area contributed by atoms with Crippen molar-refractivity contribution in [3.63, 3.8) is 0 Å². The first-order chi connectivity index (χ1) is 8.26. The van der Waals surface area contributed by atoms with Gasteiger partial charge in [-0.3, -0.25) is 9.78 Å². The molecule has 0 saturated heterocycles. The number of carbonyl (C=O) groups excluding carboxylic acids is 1. The molecular weight excluding hydrogens is 247 g/mol. The molecule has 1 N–H and O–H groups in total. The summed E-state index contributed by atoms with van der Waals surface area (Å²) in [6.07, 6.45) is -2.72. The van der Waals surface area contributed by atoms with Crippen LogP contribution in [0.25, 0.3) is 0 Å². The van der Waals surface area contributed by atoms with Crippen molar-refractivity contribution in [1.82, 2.24) is 4.98 Å². The van der Waals surface area contributed by atoms with Gasteiger partial charge in [-0.1, -0.05) is 13.8 Å². The van der Waals surface area contributed by atoms with Crippen molar-refractivity contribution in [2.24, 2.45) is 0 Å². The molecule has 0 aromatic carbocycles. The van der Waals surface area contributed by atoms with Gasteiger partial charge in [-0.2, -0.15) is 13.2 Å². The minimum atomic E-state index is -4.64. The summed E-state index contributed by atoms with van der Waals surface area (Å²) in [6, 6.07) is 0.735. The summed E-state index contributed by atoms with van der Waals surface area (Å²) in [5, 5.41) is 10.00.